The van der Waals surface area contributed by atoms with E-state index in [0.29, 0.717) is 5.56 Å². The molecule has 0 saturated carbocycles. The van der Waals surface area contributed by atoms with E-state index >= 15 is 8.78 Å². The molecule has 12 heteroatoms. The van der Waals surface area contributed by atoms with Crippen LogP contribution in [0.3, 0.4) is 0 Å². The fourth-order valence-corrected chi connectivity index (χ4v) is 5.06. The molecule has 5 rings (SSSR count). The van der Waals surface area contributed by atoms with Crippen molar-refractivity contribution in [1.29, 1.82) is 0 Å². The van der Waals surface area contributed by atoms with Crippen molar-refractivity contribution in [2.24, 2.45) is 0 Å². The second kappa shape index (κ2) is 14.5. The average Bonchev–Trinajstić information content (AvgIpc) is 3.03. The molecule has 0 aromatic heterocycles. The molecular formula is C37H25F9O3. The molecule has 0 saturated heterocycles. The van der Waals surface area contributed by atoms with Crippen molar-refractivity contribution in [3.63, 3.8) is 0 Å². The Hall–Kier alpha value is -5.26. The van der Waals surface area contributed by atoms with Crippen molar-refractivity contribution >= 4 is 5.97 Å². The summed E-state index contributed by atoms with van der Waals surface area (Å²) >= 11 is 0. The van der Waals surface area contributed by atoms with E-state index in [9.17, 15) is 35.5 Å². The number of hydrogen-bond acceptors (Lipinski definition) is 3. The van der Waals surface area contributed by atoms with Crippen LogP contribution in [-0.2, 0) is 12.5 Å². The van der Waals surface area contributed by atoms with Crippen LogP contribution in [0.25, 0.3) is 22.3 Å². The Bertz CT molecular complexity index is 1960. The van der Waals surface area contributed by atoms with Gasteiger partial charge >= 0.3 is 12.1 Å². The fraction of sp³-hybridized carbons (Fsp3) is 0.162. The molecule has 3 nitrogen and oxygen atoms in total. The molecule has 0 unspecified atom stereocenters. The summed E-state index contributed by atoms with van der Waals surface area (Å²) in [5.74, 6) is -15.3. The van der Waals surface area contributed by atoms with Gasteiger partial charge < -0.3 is 9.47 Å². The highest BCUT2D eigenvalue weighted by Crippen LogP contribution is 2.38. The maximum atomic E-state index is 15.2. The standard InChI is InChI=1S/C37H25F9O3/c1-2-3-4-5-20-6-8-21(9-7-20)22-10-12-26(28(38)14-22)23-11-13-27(29(39)15-23)36(47)48-24-16-30(40)34(31(41)17-24)37(45,46)49-25-18-32(42)35(44)33(43)19-25/h6-19H,2-5H2,1H3. The van der Waals surface area contributed by atoms with Gasteiger partial charge in [-0.2, -0.15) is 8.78 Å². The topological polar surface area (TPSA) is 35.5 Å². The van der Waals surface area contributed by atoms with Gasteiger partial charge in [-0.05, 0) is 53.3 Å². The van der Waals surface area contributed by atoms with Crippen molar-refractivity contribution in [2.75, 3.05) is 0 Å². The first kappa shape index (κ1) is 35.1. The van der Waals surface area contributed by atoms with Crippen molar-refractivity contribution < 1.29 is 53.8 Å². The Morgan fingerprint density at radius 3 is 1.78 bits per heavy atom. The van der Waals surface area contributed by atoms with Crippen LogP contribution >= 0.6 is 0 Å². The Kier molecular flexibility index (Phi) is 10.4. The number of carbonyl (C=O) groups excluding carboxylic acids is 1. The third-order valence-corrected chi connectivity index (χ3v) is 7.55. The number of alkyl halides is 2. The maximum absolute atomic E-state index is 15.2. The summed E-state index contributed by atoms with van der Waals surface area (Å²) in [6, 6.07) is 15.6. The molecule has 0 spiro atoms. The van der Waals surface area contributed by atoms with Gasteiger partial charge in [0.05, 0.1) is 5.56 Å². The summed E-state index contributed by atoms with van der Waals surface area (Å²) < 4.78 is 137. The molecular weight excluding hydrogens is 663 g/mol. The number of aryl methyl sites for hydroxylation is 1. The Labute approximate surface area is 274 Å². The summed E-state index contributed by atoms with van der Waals surface area (Å²) in [4.78, 5) is 12.6. The molecule has 0 radical (unpaired) electrons. The van der Waals surface area contributed by atoms with Gasteiger partial charge in [0, 0.05) is 29.8 Å². The minimum atomic E-state index is -4.87. The van der Waals surface area contributed by atoms with Crippen LogP contribution in [0.2, 0.25) is 0 Å². The summed E-state index contributed by atoms with van der Waals surface area (Å²) in [6.07, 6.45) is -0.616. The predicted molar refractivity (Wildman–Crippen MR) is 163 cm³/mol. The van der Waals surface area contributed by atoms with E-state index in [-0.39, 0.29) is 35.4 Å². The van der Waals surface area contributed by atoms with E-state index in [1.165, 1.54) is 23.8 Å². The van der Waals surface area contributed by atoms with E-state index in [0.717, 1.165) is 43.4 Å². The number of hydrogen-bond donors (Lipinski definition) is 0. The first-order chi connectivity index (χ1) is 23.3. The first-order valence-electron chi connectivity index (χ1n) is 14.9. The average molecular weight is 689 g/mol. The minimum Gasteiger partial charge on any atom is -0.429 e. The number of unbranched alkanes of at least 4 members (excludes halogenated alkanes) is 2. The summed E-state index contributed by atoms with van der Waals surface area (Å²) in [5.41, 5.74) is -0.122. The van der Waals surface area contributed by atoms with Crippen molar-refractivity contribution in [2.45, 2.75) is 38.7 Å². The zero-order chi connectivity index (χ0) is 35.5. The molecule has 5 aromatic rings. The first-order valence-corrected chi connectivity index (χ1v) is 14.9. The largest absolute Gasteiger partial charge is 0.432 e. The quantitative estimate of drug-likeness (QED) is 0.0456. The van der Waals surface area contributed by atoms with Gasteiger partial charge in [0.2, 0.25) is 0 Å². The lowest BCUT2D eigenvalue weighted by atomic mass is 9.97. The van der Waals surface area contributed by atoms with Gasteiger partial charge in [-0.25, -0.2) is 35.5 Å². The number of rotatable bonds is 11. The molecule has 0 amide bonds. The number of ether oxygens (including phenoxy) is 2. The second-order valence-corrected chi connectivity index (χ2v) is 11.0. The summed E-state index contributed by atoms with van der Waals surface area (Å²) in [7, 11) is 0. The lowest BCUT2D eigenvalue weighted by molar-refractivity contribution is -0.189. The normalized spacial score (nSPS) is 11.5. The van der Waals surface area contributed by atoms with Crippen molar-refractivity contribution in [1.82, 2.24) is 0 Å². The molecule has 0 aliphatic rings. The molecule has 0 aliphatic heterocycles. The van der Waals surface area contributed by atoms with Crippen LogP contribution in [0.15, 0.2) is 84.9 Å². The van der Waals surface area contributed by atoms with Crippen LogP contribution in [0.5, 0.6) is 11.5 Å². The SMILES string of the molecule is CCCCCc1ccc(-c2ccc(-c3ccc(C(=O)Oc4cc(F)c(C(F)(F)Oc5cc(F)c(F)c(F)c5)c(F)c4)c(F)c3)c(F)c2)cc1. The third kappa shape index (κ3) is 7.90. The molecule has 49 heavy (non-hydrogen) atoms. The zero-order valence-corrected chi connectivity index (χ0v) is 25.5. The van der Waals surface area contributed by atoms with Gasteiger partial charge in [-0.3, -0.25) is 0 Å². The van der Waals surface area contributed by atoms with Crippen molar-refractivity contribution in [3.8, 4) is 33.8 Å². The molecule has 0 heterocycles. The van der Waals surface area contributed by atoms with Crippen LogP contribution in [0.4, 0.5) is 39.5 Å². The third-order valence-electron chi connectivity index (χ3n) is 7.55. The summed E-state index contributed by atoms with van der Waals surface area (Å²) in [5, 5.41) is 0. The molecule has 5 aromatic carbocycles. The van der Waals surface area contributed by atoms with Crippen molar-refractivity contribution in [3.05, 3.63) is 142 Å². The Morgan fingerprint density at radius 1 is 0.612 bits per heavy atom. The van der Waals surface area contributed by atoms with Gasteiger partial charge in [0.1, 0.15) is 40.3 Å². The second-order valence-electron chi connectivity index (χ2n) is 11.0. The zero-order valence-electron chi connectivity index (χ0n) is 25.5. The maximum Gasteiger partial charge on any atom is 0.432 e. The van der Waals surface area contributed by atoms with Gasteiger partial charge in [-0.1, -0.05) is 62.2 Å². The lowest BCUT2D eigenvalue weighted by Crippen LogP contribution is -2.25. The van der Waals surface area contributed by atoms with E-state index in [2.05, 4.69) is 11.7 Å². The summed E-state index contributed by atoms with van der Waals surface area (Å²) in [6.45, 7) is 2.12. The van der Waals surface area contributed by atoms with E-state index in [1.54, 1.807) is 6.07 Å². The molecule has 0 atom stereocenters. The highest BCUT2D eigenvalue weighted by Gasteiger charge is 2.42. The molecule has 0 N–H and O–H groups in total. The molecule has 0 fully saturated rings. The smallest absolute Gasteiger partial charge is 0.429 e. The number of halogens is 9. The molecule has 0 aliphatic carbocycles. The van der Waals surface area contributed by atoms with Crippen LogP contribution in [-0.4, -0.2) is 5.97 Å². The monoisotopic (exact) mass is 688 g/mol. The van der Waals surface area contributed by atoms with E-state index in [1.807, 2.05) is 24.3 Å². The number of benzene rings is 5. The minimum absolute atomic E-state index is 0.0211. The predicted octanol–water partition coefficient (Wildman–Crippen LogP) is 11.1. The Morgan fingerprint density at radius 2 is 1.18 bits per heavy atom. The van der Waals surface area contributed by atoms with Gasteiger partial charge in [0.15, 0.2) is 17.5 Å². The fourth-order valence-electron chi connectivity index (χ4n) is 5.06. The highest BCUT2D eigenvalue weighted by molar-refractivity contribution is 5.92. The molecule has 0 bridgehead atoms. The van der Waals surface area contributed by atoms with Crippen LogP contribution in [0, 0.1) is 40.7 Å². The highest BCUT2D eigenvalue weighted by atomic mass is 19.3. The van der Waals surface area contributed by atoms with Gasteiger partial charge in [0.25, 0.3) is 0 Å². The number of esters is 1. The van der Waals surface area contributed by atoms with Crippen LogP contribution < -0.4 is 9.47 Å². The van der Waals surface area contributed by atoms with E-state index in [4.69, 9.17) is 4.74 Å². The number of carbonyl (C=O) groups is 1. The van der Waals surface area contributed by atoms with Gasteiger partial charge in [-0.15, -0.1) is 0 Å². The lowest BCUT2D eigenvalue weighted by Gasteiger charge is -2.20. The molecule has 254 valence electrons. The van der Waals surface area contributed by atoms with E-state index < -0.39 is 75.4 Å². The Balaban J connectivity index is 1.30. The van der Waals surface area contributed by atoms with Crippen LogP contribution in [0.1, 0.15) is 47.7 Å².